The first kappa shape index (κ1) is 18.9. The molecule has 1 amide bonds. The highest BCUT2D eigenvalue weighted by Gasteiger charge is 2.08. The minimum absolute atomic E-state index is 0.246. The maximum Gasteiger partial charge on any atom is 0.257 e. The fraction of sp³-hybridized carbons (Fsp3) is 0.143. The van der Waals surface area contributed by atoms with Crippen LogP contribution in [0.25, 0.3) is 0 Å². The lowest BCUT2D eigenvalue weighted by Gasteiger charge is -2.09. The number of hydrogen-bond donors (Lipinski definition) is 2. The van der Waals surface area contributed by atoms with Crippen molar-refractivity contribution in [1.29, 1.82) is 0 Å². The van der Waals surface area contributed by atoms with Gasteiger partial charge in [-0.3, -0.25) is 9.78 Å². The largest absolute Gasteiger partial charge is 0.383 e. The number of rotatable bonds is 6. The number of carbonyl (C=O) groups excluding carboxylic acids is 1. The fourth-order valence-electron chi connectivity index (χ4n) is 2.54. The zero-order chi connectivity index (χ0) is 19.2. The third-order valence-corrected chi connectivity index (χ3v) is 4.49. The number of aryl methyl sites for hydroxylation is 1. The number of anilines is 2. The van der Waals surface area contributed by atoms with Crippen molar-refractivity contribution in [2.45, 2.75) is 13.3 Å². The van der Waals surface area contributed by atoms with Crippen molar-refractivity contribution < 1.29 is 9.18 Å². The van der Waals surface area contributed by atoms with Gasteiger partial charge in [0, 0.05) is 29.6 Å². The van der Waals surface area contributed by atoms with E-state index in [1.807, 2.05) is 13.0 Å². The van der Waals surface area contributed by atoms with Crippen molar-refractivity contribution in [2.75, 3.05) is 17.2 Å². The van der Waals surface area contributed by atoms with Gasteiger partial charge < -0.3 is 10.6 Å². The van der Waals surface area contributed by atoms with Gasteiger partial charge in [0.1, 0.15) is 5.82 Å². The predicted molar refractivity (Wildman–Crippen MR) is 107 cm³/mol. The summed E-state index contributed by atoms with van der Waals surface area (Å²) >= 11 is 6.09. The van der Waals surface area contributed by atoms with Crippen LogP contribution < -0.4 is 10.6 Å². The Labute approximate surface area is 162 Å². The van der Waals surface area contributed by atoms with E-state index >= 15 is 0 Å². The summed E-state index contributed by atoms with van der Waals surface area (Å²) in [6, 6.07) is 13.5. The highest BCUT2D eigenvalue weighted by molar-refractivity contribution is 6.31. The maximum absolute atomic E-state index is 12.9. The highest BCUT2D eigenvalue weighted by atomic mass is 35.5. The van der Waals surface area contributed by atoms with Crippen LogP contribution in [-0.4, -0.2) is 17.4 Å². The maximum atomic E-state index is 12.9. The van der Waals surface area contributed by atoms with Gasteiger partial charge in [0.2, 0.25) is 0 Å². The molecule has 2 N–H and O–H groups in total. The molecule has 0 atom stereocenters. The Bertz CT molecular complexity index is 944. The topological polar surface area (TPSA) is 54.0 Å². The van der Waals surface area contributed by atoms with Crippen LogP contribution in [0.3, 0.4) is 0 Å². The van der Waals surface area contributed by atoms with Crippen molar-refractivity contribution >= 4 is 28.9 Å². The molecule has 0 unspecified atom stereocenters. The molecule has 0 radical (unpaired) electrons. The quantitative estimate of drug-likeness (QED) is 0.623. The summed E-state index contributed by atoms with van der Waals surface area (Å²) in [6.45, 7) is 2.55. The molecule has 1 heterocycles. The summed E-state index contributed by atoms with van der Waals surface area (Å²) in [7, 11) is 0. The van der Waals surface area contributed by atoms with Gasteiger partial charge in [-0.2, -0.15) is 0 Å². The summed E-state index contributed by atoms with van der Waals surface area (Å²) in [5.41, 5.74) is 3.79. The minimum atomic E-state index is -0.260. The molecule has 0 aliphatic rings. The third-order valence-electron chi connectivity index (χ3n) is 4.09. The fourth-order valence-corrected chi connectivity index (χ4v) is 2.72. The summed E-state index contributed by atoms with van der Waals surface area (Å²) in [5.74, 6) is -0.505. The smallest absolute Gasteiger partial charge is 0.257 e. The summed E-state index contributed by atoms with van der Waals surface area (Å²) in [4.78, 5) is 16.5. The number of hydrogen-bond acceptors (Lipinski definition) is 3. The molecule has 0 aliphatic heterocycles. The van der Waals surface area contributed by atoms with Crippen molar-refractivity contribution in [3.63, 3.8) is 0 Å². The zero-order valence-corrected chi connectivity index (χ0v) is 15.6. The molecular weight excluding hydrogens is 365 g/mol. The second-order valence-electron chi connectivity index (χ2n) is 6.18. The Morgan fingerprint density at radius 1 is 1.07 bits per heavy atom. The van der Waals surface area contributed by atoms with E-state index in [0.717, 1.165) is 23.2 Å². The molecule has 0 aliphatic carbocycles. The van der Waals surface area contributed by atoms with Crippen LogP contribution in [0.15, 0.2) is 60.9 Å². The molecule has 3 aromatic rings. The Hall–Kier alpha value is -2.92. The number of pyridine rings is 1. The molecule has 2 aromatic carbocycles. The minimum Gasteiger partial charge on any atom is -0.383 e. The lowest BCUT2D eigenvalue weighted by Crippen LogP contribution is -2.13. The van der Waals surface area contributed by atoms with E-state index in [-0.39, 0.29) is 11.7 Å². The first-order valence-corrected chi connectivity index (χ1v) is 8.90. The van der Waals surface area contributed by atoms with Crippen LogP contribution in [0.4, 0.5) is 15.8 Å². The van der Waals surface area contributed by atoms with Gasteiger partial charge in [-0.25, -0.2) is 4.39 Å². The van der Waals surface area contributed by atoms with Crippen LogP contribution in [0, 0.1) is 12.7 Å². The number of amides is 1. The summed E-state index contributed by atoms with van der Waals surface area (Å²) in [5, 5.41) is 6.64. The van der Waals surface area contributed by atoms with Gasteiger partial charge in [-0.1, -0.05) is 29.8 Å². The van der Waals surface area contributed by atoms with E-state index < -0.39 is 0 Å². The van der Waals surface area contributed by atoms with Crippen LogP contribution in [0.1, 0.15) is 21.5 Å². The number of nitrogens with zero attached hydrogens (tertiary/aromatic N) is 1. The molecule has 0 spiro atoms. The van der Waals surface area contributed by atoms with E-state index in [2.05, 4.69) is 15.6 Å². The van der Waals surface area contributed by atoms with Gasteiger partial charge >= 0.3 is 0 Å². The van der Waals surface area contributed by atoms with Crippen LogP contribution in [0.2, 0.25) is 5.02 Å². The molecular formula is C21H19ClFN3O. The first-order chi connectivity index (χ1) is 13.0. The molecule has 0 fully saturated rings. The average molecular weight is 384 g/mol. The Morgan fingerprint density at radius 3 is 2.59 bits per heavy atom. The Morgan fingerprint density at radius 2 is 1.85 bits per heavy atom. The van der Waals surface area contributed by atoms with Crippen molar-refractivity contribution in [1.82, 2.24) is 4.98 Å². The van der Waals surface area contributed by atoms with Gasteiger partial charge in [0.05, 0.1) is 11.3 Å². The second kappa shape index (κ2) is 8.64. The monoisotopic (exact) mass is 383 g/mol. The molecule has 1 aromatic heterocycles. The van der Waals surface area contributed by atoms with Crippen molar-refractivity contribution in [2.24, 2.45) is 0 Å². The molecule has 27 heavy (non-hydrogen) atoms. The molecule has 138 valence electrons. The average Bonchev–Trinajstić information content (AvgIpc) is 2.66. The lowest BCUT2D eigenvalue weighted by molar-refractivity contribution is 0.102. The van der Waals surface area contributed by atoms with Gasteiger partial charge in [-0.15, -0.1) is 0 Å². The number of aromatic nitrogens is 1. The standard InChI is InChI=1S/C21H19ClFN3O/c1-14-2-7-18(11-20(14)22)26-21(27)16-10-19(13-24-12-16)25-9-8-15-3-5-17(23)6-4-15/h2-7,10-13,25H,8-9H2,1H3,(H,26,27). The molecule has 6 heteroatoms. The van der Waals surface area contributed by atoms with E-state index in [0.29, 0.717) is 22.8 Å². The van der Waals surface area contributed by atoms with E-state index in [4.69, 9.17) is 11.6 Å². The van der Waals surface area contributed by atoms with Crippen LogP contribution in [0.5, 0.6) is 0 Å². The number of nitrogens with one attached hydrogen (secondary N) is 2. The van der Waals surface area contributed by atoms with Gasteiger partial charge in [-0.05, 0) is 54.8 Å². The first-order valence-electron chi connectivity index (χ1n) is 8.52. The van der Waals surface area contributed by atoms with E-state index in [1.54, 1.807) is 36.5 Å². The number of halogens is 2. The summed E-state index contributed by atoms with van der Waals surface area (Å²) < 4.78 is 12.9. The Balaban J connectivity index is 1.59. The molecule has 3 rings (SSSR count). The zero-order valence-electron chi connectivity index (χ0n) is 14.8. The molecule has 0 bridgehead atoms. The third kappa shape index (κ3) is 5.28. The normalized spacial score (nSPS) is 10.5. The van der Waals surface area contributed by atoms with Gasteiger partial charge in [0.15, 0.2) is 0 Å². The number of benzene rings is 2. The van der Waals surface area contributed by atoms with E-state index in [1.165, 1.54) is 18.3 Å². The summed E-state index contributed by atoms with van der Waals surface area (Å²) in [6.07, 6.45) is 3.90. The molecule has 0 saturated heterocycles. The van der Waals surface area contributed by atoms with Crippen molar-refractivity contribution in [3.8, 4) is 0 Å². The van der Waals surface area contributed by atoms with Crippen LogP contribution in [-0.2, 0) is 6.42 Å². The van der Waals surface area contributed by atoms with Crippen molar-refractivity contribution in [3.05, 3.63) is 88.5 Å². The SMILES string of the molecule is Cc1ccc(NC(=O)c2cncc(NCCc3ccc(F)cc3)c2)cc1Cl. The second-order valence-corrected chi connectivity index (χ2v) is 6.59. The van der Waals surface area contributed by atoms with Gasteiger partial charge in [0.25, 0.3) is 5.91 Å². The molecule has 4 nitrogen and oxygen atoms in total. The van der Waals surface area contributed by atoms with E-state index in [9.17, 15) is 9.18 Å². The lowest BCUT2D eigenvalue weighted by atomic mass is 10.1. The number of carbonyl (C=O) groups is 1. The Kier molecular flexibility index (Phi) is 6.04. The van der Waals surface area contributed by atoms with Crippen LogP contribution >= 0.6 is 11.6 Å². The highest BCUT2D eigenvalue weighted by Crippen LogP contribution is 2.20. The predicted octanol–water partition coefficient (Wildman–Crippen LogP) is 5.09. The molecule has 0 saturated carbocycles.